The van der Waals surface area contributed by atoms with Crippen LogP contribution in [0.1, 0.15) is 19.5 Å². The van der Waals surface area contributed by atoms with Crippen LogP contribution < -0.4 is 5.32 Å². The van der Waals surface area contributed by atoms with Crippen LogP contribution in [-0.2, 0) is 6.42 Å². The second-order valence-electron chi connectivity index (χ2n) is 4.80. The van der Waals surface area contributed by atoms with Crippen LogP contribution in [-0.4, -0.2) is 28.8 Å². The van der Waals surface area contributed by atoms with E-state index in [0.29, 0.717) is 19.0 Å². The van der Waals surface area contributed by atoms with Crippen LogP contribution in [0.5, 0.6) is 0 Å². The standard InChI is InChI=1S/C14H20N2O/c1-10(2)15-9-13(17)8-12-7-11-5-3-4-6-14(11)16-12/h3-7,10,13,15-17H,8-9H2,1-2H3. The lowest BCUT2D eigenvalue weighted by molar-refractivity contribution is 0.168. The van der Waals surface area contributed by atoms with Crippen molar-refractivity contribution in [3.63, 3.8) is 0 Å². The molecule has 1 aromatic carbocycles. The van der Waals surface area contributed by atoms with Crippen molar-refractivity contribution < 1.29 is 5.11 Å². The summed E-state index contributed by atoms with van der Waals surface area (Å²) in [6.07, 6.45) is 0.319. The maximum Gasteiger partial charge on any atom is 0.0719 e. The number of H-pyrrole nitrogens is 1. The Bertz CT molecular complexity index is 443. The Kier molecular flexibility index (Phi) is 3.82. The molecular weight excluding hydrogens is 212 g/mol. The summed E-state index contributed by atoms with van der Waals surface area (Å²) in [5.41, 5.74) is 2.22. The van der Waals surface area contributed by atoms with E-state index in [4.69, 9.17) is 0 Å². The smallest absolute Gasteiger partial charge is 0.0719 e. The fraction of sp³-hybridized carbons (Fsp3) is 0.429. The molecule has 2 rings (SSSR count). The lowest BCUT2D eigenvalue weighted by Gasteiger charge is -2.13. The van der Waals surface area contributed by atoms with E-state index in [1.807, 2.05) is 12.1 Å². The van der Waals surface area contributed by atoms with Crippen molar-refractivity contribution in [1.29, 1.82) is 0 Å². The van der Waals surface area contributed by atoms with Gasteiger partial charge in [-0.05, 0) is 17.5 Å². The molecule has 0 spiro atoms. The molecule has 1 atom stereocenters. The highest BCUT2D eigenvalue weighted by Crippen LogP contribution is 2.15. The molecule has 2 aromatic rings. The molecule has 0 aliphatic rings. The summed E-state index contributed by atoms with van der Waals surface area (Å²) in [6, 6.07) is 10.7. The summed E-state index contributed by atoms with van der Waals surface area (Å²) in [6.45, 7) is 4.79. The van der Waals surface area contributed by atoms with E-state index < -0.39 is 0 Å². The molecular formula is C14H20N2O. The summed E-state index contributed by atoms with van der Waals surface area (Å²) in [7, 11) is 0. The van der Waals surface area contributed by atoms with Gasteiger partial charge in [-0.15, -0.1) is 0 Å². The summed E-state index contributed by atoms with van der Waals surface area (Å²) >= 11 is 0. The summed E-state index contributed by atoms with van der Waals surface area (Å²) in [5, 5.41) is 14.3. The molecule has 1 aromatic heterocycles. The first-order valence-electron chi connectivity index (χ1n) is 6.13. The van der Waals surface area contributed by atoms with Gasteiger partial charge in [-0.2, -0.15) is 0 Å². The van der Waals surface area contributed by atoms with Gasteiger partial charge in [0.1, 0.15) is 0 Å². The number of para-hydroxylation sites is 1. The van der Waals surface area contributed by atoms with Crippen LogP contribution in [0, 0.1) is 0 Å². The predicted octanol–water partition coefficient (Wildman–Crippen LogP) is 2.07. The molecule has 3 nitrogen and oxygen atoms in total. The number of aromatic nitrogens is 1. The minimum Gasteiger partial charge on any atom is -0.391 e. The normalized spacial score (nSPS) is 13.4. The molecule has 1 unspecified atom stereocenters. The fourth-order valence-corrected chi connectivity index (χ4v) is 1.94. The molecule has 1 heterocycles. The third-order valence-corrected chi connectivity index (χ3v) is 2.80. The maximum atomic E-state index is 9.89. The van der Waals surface area contributed by atoms with Crippen molar-refractivity contribution in [2.24, 2.45) is 0 Å². The zero-order valence-corrected chi connectivity index (χ0v) is 10.4. The van der Waals surface area contributed by atoms with Crippen molar-refractivity contribution in [1.82, 2.24) is 10.3 Å². The molecule has 0 saturated carbocycles. The number of aliphatic hydroxyl groups is 1. The molecule has 0 aliphatic heterocycles. The van der Waals surface area contributed by atoms with E-state index in [1.165, 1.54) is 5.39 Å². The van der Waals surface area contributed by atoms with Crippen molar-refractivity contribution in [2.75, 3.05) is 6.54 Å². The Morgan fingerprint density at radius 2 is 2.06 bits per heavy atom. The van der Waals surface area contributed by atoms with Crippen LogP contribution >= 0.6 is 0 Å². The topological polar surface area (TPSA) is 48.0 Å². The Morgan fingerprint density at radius 1 is 1.29 bits per heavy atom. The van der Waals surface area contributed by atoms with Crippen molar-refractivity contribution in [3.8, 4) is 0 Å². The van der Waals surface area contributed by atoms with Crippen LogP contribution in [0.2, 0.25) is 0 Å². The third-order valence-electron chi connectivity index (χ3n) is 2.80. The van der Waals surface area contributed by atoms with Crippen molar-refractivity contribution >= 4 is 10.9 Å². The second-order valence-corrected chi connectivity index (χ2v) is 4.80. The molecule has 0 amide bonds. The Labute approximate surface area is 102 Å². The Balaban J connectivity index is 1.98. The first-order valence-corrected chi connectivity index (χ1v) is 6.13. The number of hydrogen-bond acceptors (Lipinski definition) is 2. The number of aromatic amines is 1. The minimum absolute atomic E-state index is 0.342. The molecule has 3 heteroatoms. The highest BCUT2D eigenvalue weighted by atomic mass is 16.3. The van der Waals surface area contributed by atoms with Crippen LogP contribution in [0.3, 0.4) is 0 Å². The van der Waals surface area contributed by atoms with E-state index in [-0.39, 0.29) is 6.10 Å². The number of hydrogen-bond donors (Lipinski definition) is 3. The lowest BCUT2D eigenvalue weighted by atomic mass is 10.2. The number of benzene rings is 1. The van der Waals surface area contributed by atoms with Crippen LogP contribution in [0.15, 0.2) is 30.3 Å². The minimum atomic E-state index is -0.342. The van der Waals surface area contributed by atoms with E-state index >= 15 is 0 Å². The van der Waals surface area contributed by atoms with Gasteiger partial charge in [0.2, 0.25) is 0 Å². The average molecular weight is 232 g/mol. The van der Waals surface area contributed by atoms with E-state index in [2.05, 4.69) is 42.3 Å². The molecule has 0 bridgehead atoms. The molecule has 3 N–H and O–H groups in total. The fourth-order valence-electron chi connectivity index (χ4n) is 1.94. The quantitative estimate of drug-likeness (QED) is 0.739. The maximum absolute atomic E-state index is 9.89. The monoisotopic (exact) mass is 232 g/mol. The number of nitrogens with one attached hydrogen (secondary N) is 2. The molecule has 92 valence electrons. The van der Waals surface area contributed by atoms with E-state index in [1.54, 1.807) is 0 Å². The first kappa shape index (κ1) is 12.1. The van der Waals surface area contributed by atoms with Gasteiger partial charge in [-0.1, -0.05) is 32.0 Å². The van der Waals surface area contributed by atoms with Gasteiger partial charge in [-0.25, -0.2) is 0 Å². The van der Waals surface area contributed by atoms with Crippen molar-refractivity contribution in [2.45, 2.75) is 32.4 Å². The SMILES string of the molecule is CC(C)NCC(O)Cc1cc2ccccc2[nH]1. The van der Waals surface area contributed by atoms with E-state index in [9.17, 15) is 5.11 Å². The number of aliphatic hydroxyl groups excluding tert-OH is 1. The zero-order chi connectivity index (χ0) is 12.3. The highest BCUT2D eigenvalue weighted by Gasteiger charge is 2.08. The van der Waals surface area contributed by atoms with Gasteiger partial charge >= 0.3 is 0 Å². The van der Waals surface area contributed by atoms with Gasteiger partial charge in [0.15, 0.2) is 0 Å². The van der Waals surface area contributed by atoms with Gasteiger partial charge in [0.25, 0.3) is 0 Å². The van der Waals surface area contributed by atoms with Crippen LogP contribution in [0.25, 0.3) is 10.9 Å². The first-order chi connectivity index (χ1) is 8.15. The largest absolute Gasteiger partial charge is 0.391 e. The molecule has 17 heavy (non-hydrogen) atoms. The molecule has 0 fully saturated rings. The Morgan fingerprint density at radius 3 is 2.76 bits per heavy atom. The third kappa shape index (κ3) is 3.32. The number of rotatable bonds is 5. The summed E-state index contributed by atoms with van der Waals surface area (Å²) < 4.78 is 0. The highest BCUT2D eigenvalue weighted by molar-refractivity contribution is 5.80. The molecule has 0 radical (unpaired) electrons. The van der Waals surface area contributed by atoms with Gasteiger partial charge < -0.3 is 15.4 Å². The zero-order valence-electron chi connectivity index (χ0n) is 10.4. The average Bonchev–Trinajstić information content (AvgIpc) is 2.68. The van der Waals surface area contributed by atoms with Gasteiger partial charge in [0.05, 0.1) is 6.10 Å². The molecule has 0 aliphatic carbocycles. The summed E-state index contributed by atoms with van der Waals surface area (Å²) in [4.78, 5) is 3.33. The Hall–Kier alpha value is -1.32. The second kappa shape index (κ2) is 5.34. The summed E-state index contributed by atoms with van der Waals surface area (Å²) in [5.74, 6) is 0. The predicted molar refractivity (Wildman–Crippen MR) is 71.1 cm³/mol. The molecule has 0 saturated heterocycles. The lowest BCUT2D eigenvalue weighted by Crippen LogP contribution is -2.33. The van der Waals surface area contributed by atoms with Gasteiger partial charge in [-0.3, -0.25) is 0 Å². The van der Waals surface area contributed by atoms with Crippen LogP contribution in [0.4, 0.5) is 0 Å². The van der Waals surface area contributed by atoms with Crippen molar-refractivity contribution in [3.05, 3.63) is 36.0 Å². The van der Waals surface area contributed by atoms with Gasteiger partial charge in [0, 0.05) is 30.2 Å². The number of fused-ring (bicyclic) bond motifs is 1. The van der Waals surface area contributed by atoms with E-state index in [0.717, 1.165) is 11.2 Å².